The monoisotopic (exact) mass is 310 g/mol. The van der Waals surface area contributed by atoms with Crippen LogP contribution in [0.3, 0.4) is 0 Å². The first kappa shape index (κ1) is 16.3. The summed E-state index contributed by atoms with van der Waals surface area (Å²) in [5.41, 5.74) is 1.17. The molecule has 0 bridgehead atoms. The molecule has 0 unspecified atom stereocenters. The molecule has 0 fully saturated rings. The topological polar surface area (TPSA) is 77.3 Å². The normalized spacial score (nSPS) is 10.8. The van der Waals surface area contributed by atoms with E-state index in [4.69, 9.17) is 16.9 Å². The van der Waals surface area contributed by atoms with E-state index >= 15 is 0 Å². The first-order valence-electron chi connectivity index (χ1n) is 5.97. The number of benzene rings is 1. The van der Waals surface area contributed by atoms with E-state index in [9.17, 15) is 4.79 Å². The highest BCUT2D eigenvalue weighted by Crippen LogP contribution is 2.27. The Balaban J connectivity index is 2.88. The van der Waals surface area contributed by atoms with Crippen LogP contribution in [0.2, 0.25) is 5.02 Å². The standard InChI is InChI=1S/C13H15ClN4OS/c1-3-4-12(19)18-11-6-5-9(7-10(11)14)17-13(20-2)16-8-15/h5-7H,3-4H2,1-2H3,(H,16,17)(H,18,19). The smallest absolute Gasteiger partial charge is 0.224 e. The van der Waals surface area contributed by atoms with Crippen LogP contribution in [0, 0.1) is 11.5 Å². The molecule has 1 rings (SSSR count). The number of halogens is 1. The number of nitrogens with one attached hydrogen (secondary N) is 2. The number of hydrogen-bond donors (Lipinski definition) is 2. The molecular weight excluding hydrogens is 296 g/mol. The molecule has 0 atom stereocenters. The number of amidine groups is 1. The second-order valence-corrected chi connectivity index (χ2v) is 5.02. The first-order valence-corrected chi connectivity index (χ1v) is 7.58. The molecule has 0 spiro atoms. The summed E-state index contributed by atoms with van der Waals surface area (Å²) < 4.78 is 0. The molecule has 0 saturated heterocycles. The predicted molar refractivity (Wildman–Crippen MR) is 84.3 cm³/mol. The molecule has 1 amide bonds. The van der Waals surface area contributed by atoms with Gasteiger partial charge in [0.05, 0.1) is 16.4 Å². The van der Waals surface area contributed by atoms with Crippen molar-refractivity contribution in [2.24, 2.45) is 4.99 Å². The van der Waals surface area contributed by atoms with Gasteiger partial charge in [0.15, 0.2) is 11.4 Å². The fourth-order valence-electron chi connectivity index (χ4n) is 1.40. The van der Waals surface area contributed by atoms with E-state index in [0.29, 0.717) is 28.0 Å². The van der Waals surface area contributed by atoms with E-state index in [1.165, 1.54) is 11.8 Å². The van der Waals surface area contributed by atoms with Gasteiger partial charge in [0.1, 0.15) is 0 Å². The Hall–Kier alpha value is -1.71. The van der Waals surface area contributed by atoms with Crippen LogP contribution in [-0.4, -0.2) is 17.3 Å². The molecule has 1 aromatic rings. The number of nitrogens with zero attached hydrogens (tertiary/aromatic N) is 2. The molecule has 0 aliphatic rings. The molecule has 0 aliphatic heterocycles. The average Bonchev–Trinajstić information content (AvgIpc) is 2.41. The van der Waals surface area contributed by atoms with Crippen LogP contribution < -0.4 is 10.6 Å². The number of amides is 1. The molecular formula is C13H15ClN4OS. The Labute approximate surface area is 127 Å². The Morgan fingerprint density at radius 2 is 2.30 bits per heavy atom. The van der Waals surface area contributed by atoms with Gasteiger partial charge in [0, 0.05) is 6.42 Å². The number of thioether (sulfide) groups is 1. The van der Waals surface area contributed by atoms with Gasteiger partial charge in [-0.1, -0.05) is 30.3 Å². The van der Waals surface area contributed by atoms with Gasteiger partial charge >= 0.3 is 0 Å². The third-order valence-corrected chi connectivity index (χ3v) is 3.18. The van der Waals surface area contributed by atoms with Gasteiger partial charge in [-0.3, -0.25) is 10.1 Å². The number of carbonyl (C=O) groups is 1. The summed E-state index contributed by atoms with van der Waals surface area (Å²) in [7, 11) is 0. The summed E-state index contributed by atoms with van der Waals surface area (Å²) in [6.45, 7) is 1.94. The third kappa shape index (κ3) is 5.11. The lowest BCUT2D eigenvalue weighted by Crippen LogP contribution is -2.12. The molecule has 2 N–H and O–H groups in total. The number of aliphatic imine (C=N–C) groups is 1. The fraction of sp³-hybridized carbons (Fsp3) is 0.308. The van der Waals surface area contributed by atoms with Crippen molar-refractivity contribution in [1.82, 2.24) is 5.32 Å². The van der Waals surface area contributed by atoms with Crippen LogP contribution in [0.1, 0.15) is 19.8 Å². The van der Waals surface area contributed by atoms with Crippen molar-refractivity contribution in [3.05, 3.63) is 23.2 Å². The lowest BCUT2D eigenvalue weighted by molar-refractivity contribution is -0.116. The SMILES string of the molecule is CCCC(=O)Nc1ccc(N=C(NC#N)SC)cc1Cl. The summed E-state index contributed by atoms with van der Waals surface area (Å²) >= 11 is 7.42. The van der Waals surface area contributed by atoms with Gasteiger partial charge in [-0.25, -0.2) is 4.99 Å². The molecule has 0 aromatic heterocycles. The van der Waals surface area contributed by atoms with Gasteiger partial charge in [0.2, 0.25) is 5.91 Å². The largest absolute Gasteiger partial charge is 0.325 e. The van der Waals surface area contributed by atoms with E-state index in [0.717, 1.165) is 6.42 Å². The molecule has 0 heterocycles. The van der Waals surface area contributed by atoms with Crippen molar-refractivity contribution in [2.45, 2.75) is 19.8 Å². The molecule has 0 radical (unpaired) electrons. The van der Waals surface area contributed by atoms with Crippen molar-refractivity contribution in [1.29, 1.82) is 5.26 Å². The minimum absolute atomic E-state index is 0.0680. The van der Waals surface area contributed by atoms with Crippen molar-refractivity contribution >= 4 is 45.8 Å². The highest BCUT2D eigenvalue weighted by atomic mass is 35.5. The molecule has 20 heavy (non-hydrogen) atoms. The average molecular weight is 311 g/mol. The molecule has 7 heteroatoms. The third-order valence-electron chi connectivity index (χ3n) is 2.29. The Bertz CT molecular complexity index is 554. The Morgan fingerprint density at radius 3 is 2.85 bits per heavy atom. The summed E-state index contributed by atoms with van der Waals surface area (Å²) in [5, 5.41) is 14.7. The van der Waals surface area contributed by atoms with Crippen LogP contribution in [0.15, 0.2) is 23.2 Å². The number of anilines is 1. The van der Waals surface area contributed by atoms with E-state index < -0.39 is 0 Å². The minimum Gasteiger partial charge on any atom is -0.325 e. The number of carbonyl (C=O) groups excluding carboxylic acids is 1. The Kier molecular flexibility index (Phi) is 6.91. The molecule has 5 nitrogen and oxygen atoms in total. The van der Waals surface area contributed by atoms with Gasteiger partial charge in [0.25, 0.3) is 0 Å². The number of nitriles is 1. The lowest BCUT2D eigenvalue weighted by Gasteiger charge is -2.07. The van der Waals surface area contributed by atoms with Gasteiger partial charge in [-0.05, 0) is 30.9 Å². The van der Waals surface area contributed by atoms with Crippen LogP contribution >= 0.6 is 23.4 Å². The lowest BCUT2D eigenvalue weighted by atomic mass is 10.2. The zero-order chi connectivity index (χ0) is 15.0. The zero-order valence-electron chi connectivity index (χ0n) is 11.2. The van der Waals surface area contributed by atoms with Crippen molar-refractivity contribution in [3.8, 4) is 6.19 Å². The highest BCUT2D eigenvalue weighted by molar-refractivity contribution is 8.13. The number of hydrogen-bond acceptors (Lipinski definition) is 4. The maximum atomic E-state index is 11.5. The van der Waals surface area contributed by atoms with Crippen LogP contribution in [0.5, 0.6) is 0 Å². The van der Waals surface area contributed by atoms with Crippen molar-refractivity contribution in [3.63, 3.8) is 0 Å². The van der Waals surface area contributed by atoms with Gasteiger partial charge < -0.3 is 5.32 Å². The van der Waals surface area contributed by atoms with E-state index in [2.05, 4.69) is 15.6 Å². The highest BCUT2D eigenvalue weighted by Gasteiger charge is 2.06. The predicted octanol–water partition coefficient (Wildman–Crippen LogP) is 3.50. The van der Waals surface area contributed by atoms with Crippen molar-refractivity contribution in [2.75, 3.05) is 11.6 Å². The molecule has 1 aromatic carbocycles. The second-order valence-electron chi connectivity index (χ2n) is 3.82. The molecule has 0 aliphatic carbocycles. The van der Waals surface area contributed by atoms with Crippen LogP contribution in [0.4, 0.5) is 11.4 Å². The second kappa shape index (κ2) is 8.46. The summed E-state index contributed by atoms with van der Waals surface area (Å²) in [4.78, 5) is 15.7. The van der Waals surface area contributed by atoms with E-state index in [1.807, 2.05) is 19.4 Å². The zero-order valence-corrected chi connectivity index (χ0v) is 12.8. The molecule has 106 valence electrons. The van der Waals surface area contributed by atoms with Crippen LogP contribution in [0.25, 0.3) is 0 Å². The van der Waals surface area contributed by atoms with E-state index in [-0.39, 0.29) is 5.91 Å². The van der Waals surface area contributed by atoms with Crippen molar-refractivity contribution < 1.29 is 4.79 Å². The van der Waals surface area contributed by atoms with Gasteiger partial charge in [-0.2, -0.15) is 5.26 Å². The molecule has 0 saturated carbocycles. The summed E-state index contributed by atoms with van der Waals surface area (Å²) in [6.07, 6.45) is 4.86. The van der Waals surface area contributed by atoms with Crippen LogP contribution in [-0.2, 0) is 4.79 Å². The fourth-order valence-corrected chi connectivity index (χ4v) is 1.97. The minimum atomic E-state index is -0.0680. The Morgan fingerprint density at radius 1 is 1.55 bits per heavy atom. The van der Waals surface area contributed by atoms with Gasteiger partial charge in [-0.15, -0.1) is 0 Å². The quantitative estimate of drug-likeness (QED) is 0.386. The maximum absolute atomic E-state index is 11.5. The summed E-state index contributed by atoms with van der Waals surface area (Å²) in [6, 6.07) is 5.06. The summed E-state index contributed by atoms with van der Waals surface area (Å²) in [5.74, 6) is -0.0680. The van der Waals surface area contributed by atoms with E-state index in [1.54, 1.807) is 18.2 Å². The maximum Gasteiger partial charge on any atom is 0.224 e. The first-order chi connectivity index (χ1) is 9.60. The number of rotatable bonds is 4.